The van der Waals surface area contributed by atoms with Gasteiger partial charge in [-0.2, -0.15) is 13.2 Å². The van der Waals surface area contributed by atoms with Crippen molar-refractivity contribution in [2.75, 3.05) is 23.1 Å². The fourth-order valence-corrected chi connectivity index (χ4v) is 4.51. The molecule has 11 nitrogen and oxygen atoms in total. The van der Waals surface area contributed by atoms with Gasteiger partial charge in [-0.3, -0.25) is 9.36 Å². The highest BCUT2D eigenvalue weighted by Gasteiger charge is 2.35. The molecule has 5 aromatic rings. The maximum absolute atomic E-state index is 14.0. The first-order valence-electron chi connectivity index (χ1n) is 13.3. The molecular weight excluding hydrogens is 563 g/mol. The van der Waals surface area contributed by atoms with Crippen LogP contribution in [0.1, 0.15) is 34.6 Å². The number of aromatic nitrogens is 6. The van der Waals surface area contributed by atoms with Crippen LogP contribution in [0, 0.1) is 6.92 Å². The van der Waals surface area contributed by atoms with Crippen LogP contribution in [-0.2, 0) is 6.18 Å². The Morgan fingerprint density at radius 1 is 0.953 bits per heavy atom. The molecule has 3 heterocycles. The Morgan fingerprint density at radius 2 is 1.74 bits per heavy atom. The highest BCUT2D eigenvalue weighted by atomic mass is 19.4. The molecule has 2 aromatic carbocycles. The molecule has 0 aliphatic heterocycles. The van der Waals surface area contributed by atoms with Crippen LogP contribution in [0.5, 0.6) is 5.75 Å². The summed E-state index contributed by atoms with van der Waals surface area (Å²) in [4.78, 5) is 30.2. The number of benzene rings is 2. The molecule has 0 spiro atoms. The minimum atomic E-state index is -4.67. The molecular formula is C29H26F3N9O2. The number of ether oxygens (including phenoxy) is 1. The zero-order valence-electron chi connectivity index (χ0n) is 23.1. The Kier molecular flexibility index (Phi) is 7.17. The third-order valence-electron chi connectivity index (χ3n) is 6.78. The van der Waals surface area contributed by atoms with Gasteiger partial charge in [0.05, 0.1) is 18.4 Å². The number of carbonyl (C=O) groups is 1. The molecule has 14 heteroatoms. The summed E-state index contributed by atoms with van der Waals surface area (Å²) in [5.41, 5.74) is -0.411. The van der Waals surface area contributed by atoms with E-state index >= 15 is 0 Å². The molecule has 1 saturated carbocycles. The van der Waals surface area contributed by atoms with Gasteiger partial charge in [-0.25, -0.2) is 19.9 Å². The number of methoxy groups -OCH3 is 1. The van der Waals surface area contributed by atoms with Gasteiger partial charge in [0, 0.05) is 59.9 Å². The summed E-state index contributed by atoms with van der Waals surface area (Å²) in [5.74, 6) is 1.82. The van der Waals surface area contributed by atoms with Crippen LogP contribution in [0.3, 0.4) is 0 Å². The third-order valence-corrected chi connectivity index (χ3v) is 6.78. The average molecular weight is 590 g/mol. The molecule has 0 radical (unpaired) electrons. The Labute approximate surface area is 243 Å². The van der Waals surface area contributed by atoms with Crippen LogP contribution < -0.4 is 20.7 Å². The topological polar surface area (TPSA) is 124 Å². The van der Waals surface area contributed by atoms with E-state index in [1.807, 2.05) is 6.07 Å². The second-order valence-electron chi connectivity index (χ2n) is 9.90. The zero-order valence-corrected chi connectivity index (χ0v) is 23.1. The third kappa shape index (κ3) is 6.12. The largest absolute Gasteiger partial charge is 0.497 e. The summed E-state index contributed by atoms with van der Waals surface area (Å²) in [6.07, 6.45) is 5.19. The second kappa shape index (κ2) is 11.1. The number of nitrogens with zero attached hydrogens (tertiary/aromatic N) is 6. The van der Waals surface area contributed by atoms with E-state index in [4.69, 9.17) is 4.74 Å². The number of imidazole rings is 2. The van der Waals surface area contributed by atoms with Gasteiger partial charge in [0.25, 0.3) is 5.91 Å². The minimum absolute atomic E-state index is 0.0221. The first-order valence-corrected chi connectivity index (χ1v) is 13.3. The Balaban J connectivity index is 1.25. The Bertz CT molecular complexity index is 1790. The van der Waals surface area contributed by atoms with Crippen molar-refractivity contribution in [2.45, 2.75) is 32.0 Å². The molecule has 1 amide bonds. The number of hydrogen-bond acceptors (Lipinski definition) is 8. The summed E-state index contributed by atoms with van der Waals surface area (Å²) in [6, 6.07) is 10.5. The summed E-state index contributed by atoms with van der Waals surface area (Å²) >= 11 is 0. The van der Waals surface area contributed by atoms with Gasteiger partial charge in [-0.05, 0) is 50.1 Å². The fourth-order valence-electron chi connectivity index (χ4n) is 4.51. The summed E-state index contributed by atoms with van der Waals surface area (Å²) in [6.45, 7) is 1.61. The lowest BCUT2D eigenvalue weighted by atomic mass is 10.1. The average Bonchev–Trinajstić information content (AvgIpc) is 3.50. The number of alkyl halides is 3. The summed E-state index contributed by atoms with van der Waals surface area (Å²) in [5, 5.41) is 9.07. The normalized spacial score (nSPS) is 13.0. The smallest absolute Gasteiger partial charge is 0.418 e. The van der Waals surface area contributed by atoms with E-state index in [1.54, 1.807) is 36.0 Å². The van der Waals surface area contributed by atoms with E-state index in [0.717, 1.165) is 18.9 Å². The SMILES string of the molecule is COc1cc(Nc2nccn2-c2cc(NC3CC3)ncn2)cc(C(=O)Nc2ccc(-n3ccnc3C)c(C(F)(F)F)c2)c1. The number of carbonyl (C=O) groups excluding carboxylic acids is 1. The number of rotatable bonds is 9. The molecule has 220 valence electrons. The van der Waals surface area contributed by atoms with E-state index < -0.39 is 17.6 Å². The van der Waals surface area contributed by atoms with Crippen LogP contribution in [0.15, 0.2) is 73.6 Å². The molecule has 1 aliphatic rings. The second-order valence-corrected chi connectivity index (χ2v) is 9.90. The lowest BCUT2D eigenvalue weighted by molar-refractivity contribution is -0.137. The van der Waals surface area contributed by atoms with Gasteiger partial charge < -0.3 is 25.3 Å². The Hall–Kier alpha value is -5.40. The number of anilines is 4. The van der Waals surface area contributed by atoms with E-state index in [2.05, 4.69) is 35.9 Å². The number of aryl methyl sites for hydroxylation is 1. The molecule has 3 N–H and O–H groups in total. The minimum Gasteiger partial charge on any atom is -0.497 e. The molecule has 0 atom stereocenters. The van der Waals surface area contributed by atoms with Crippen molar-refractivity contribution in [1.82, 2.24) is 29.1 Å². The lowest BCUT2D eigenvalue weighted by Crippen LogP contribution is -2.15. The first-order chi connectivity index (χ1) is 20.7. The van der Waals surface area contributed by atoms with Crippen molar-refractivity contribution in [3.8, 4) is 17.3 Å². The molecule has 0 bridgehead atoms. The zero-order chi connectivity index (χ0) is 30.1. The standard InChI is InChI=1S/C29H26F3N9O2/c1-17-33-7-9-40(17)24-6-5-20(14-23(24)29(30,31)32)38-27(42)18-11-21(13-22(12-18)43-2)39-28-34-8-10-41(28)26-15-25(35-16-36-26)37-19-3-4-19/h5-16,19H,3-4H2,1-2H3,(H,34,39)(H,38,42)(H,35,36,37). The Morgan fingerprint density at radius 3 is 2.47 bits per heavy atom. The molecule has 1 fully saturated rings. The van der Waals surface area contributed by atoms with Crippen LogP contribution in [0.4, 0.5) is 36.3 Å². The fraction of sp³-hybridized carbons (Fsp3) is 0.207. The number of hydrogen-bond donors (Lipinski definition) is 3. The van der Waals surface area contributed by atoms with Gasteiger partial charge in [0.15, 0.2) is 0 Å². The monoisotopic (exact) mass is 589 g/mol. The van der Waals surface area contributed by atoms with Crippen LogP contribution >= 0.6 is 0 Å². The quantitative estimate of drug-likeness (QED) is 0.199. The maximum atomic E-state index is 14.0. The van der Waals surface area contributed by atoms with Gasteiger partial charge in [-0.15, -0.1) is 0 Å². The van der Waals surface area contributed by atoms with Crippen molar-refractivity contribution in [3.05, 3.63) is 90.5 Å². The van der Waals surface area contributed by atoms with Gasteiger partial charge >= 0.3 is 6.18 Å². The maximum Gasteiger partial charge on any atom is 0.418 e. The summed E-state index contributed by atoms with van der Waals surface area (Å²) in [7, 11) is 1.45. The molecule has 0 saturated heterocycles. The van der Waals surface area contributed by atoms with E-state index in [-0.39, 0.29) is 16.9 Å². The van der Waals surface area contributed by atoms with Crippen molar-refractivity contribution in [3.63, 3.8) is 0 Å². The predicted molar refractivity (Wildman–Crippen MR) is 153 cm³/mol. The highest BCUT2D eigenvalue weighted by molar-refractivity contribution is 6.05. The van der Waals surface area contributed by atoms with E-state index in [0.29, 0.717) is 40.9 Å². The number of amides is 1. The van der Waals surface area contributed by atoms with Crippen LogP contribution in [0.25, 0.3) is 11.5 Å². The van der Waals surface area contributed by atoms with Crippen LogP contribution in [0.2, 0.25) is 0 Å². The molecule has 1 aliphatic carbocycles. The number of halogens is 3. The first kappa shape index (κ1) is 27.8. The van der Waals surface area contributed by atoms with Crippen molar-refractivity contribution < 1.29 is 22.7 Å². The van der Waals surface area contributed by atoms with Gasteiger partial charge in [-0.1, -0.05) is 0 Å². The molecule has 6 rings (SSSR count). The van der Waals surface area contributed by atoms with Gasteiger partial charge in [0.1, 0.15) is 29.5 Å². The molecule has 43 heavy (non-hydrogen) atoms. The molecule has 3 aromatic heterocycles. The van der Waals surface area contributed by atoms with Crippen molar-refractivity contribution in [2.24, 2.45) is 0 Å². The predicted octanol–water partition coefficient (Wildman–Crippen LogP) is 5.75. The van der Waals surface area contributed by atoms with Crippen molar-refractivity contribution in [1.29, 1.82) is 0 Å². The number of nitrogens with one attached hydrogen (secondary N) is 3. The van der Waals surface area contributed by atoms with Crippen molar-refractivity contribution >= 4 is 29.0 Å². The van der Waals surface area contributed by atoms with E-state index in [1.165, 1.54) is 48.6 Å². The van der Waals surface area contributed by atoms with E-state index in [9.17, 15) is 18.0 Å². The van der Waals surface area contributed by atoms with Crippen LogP contribution in [-0.4, -0.2) is 48.1 Å². The lowest BCUT2D eigenvalue weighted by Gasteiger charge is -2.17. The highest BCUT2D eigenvalue weighted by Crippen LogP contribution is 2.36. The van der Waals surface area contributed by atoms with Gasteiger partial charge in [0.2, 0.25) is 5.95 Å². The molecule has 0 unspecified atom stereocenters. The summed E-state index contributed by atoms with van der Waals surface area (Å²) < 4.78 is 50.4.